The molecule has 2 aromatic heterocycles. The van der Waals surface area contributed by atoms with E-state index in [-0.39, 0.29) is 0 Å². The lowest BCUT2D eigenvalue weighted by molar-refractivity contribution is 0.414. The summed E-state index contributed by atoms with van der Waals surface area (Å²) in [6, 6.07) is 11.9. The van der Waals surface area contributed by atoms with Crippen LogP contribution in [0.5, 0.6) is 5.75 Å². The molecule has 0 unspecified atom stereocenters. The number of aromatic nitrogens is 4. The number of rotatable bonds is 5. The molecular formula is C15H17N5O. The third kappa shape index (κ3) is 2.94. The Labute approximate surface area is 122 Å². The van der Waals surface area contributed by atoms with Crippen LogP contribution in [-0.2, 0) is 6.42 Å². The van der Waals surface area contributed by atoms with E-state index in [0.717, 1.165) is 36.0 Å². The summed E-state index contributed by atoms with van der Waals surface area (Å²) >= 11 is 0. The maximum absolute atomic E-state index is 5.15. The second-order valence-electron chi connectivity index (χ2n) is 4.76. The second kappa shape index (κ2) is 5.78. The fourth-order valence-electron chi connectivity index (χ4n) is 2.12. The highest BCUT2D eigenvalue weighted by Gasteiger charge is 2.03. The van der Waals surface area contributed by atoms with Crippen LogP contribution in [0.25, 0.3) is 5.65 Å². The number of anilines is 1. The van der Waals surface area contributed by atoms with E-state index in [1.807, 2.05) is 31.2 Å². The van der Waals surface area contributed by atoms with Crippen molar-refractivity contribution in [2.45, 2.75) is 13.3 Å². The molecular weight excluding hydrogens is 266 g/mol. The van der Waals surface area contributed by atoms with Gasteiger partial charge in [-0.05, 0) is 43.2 Å². The first kappa shape index (κ1) is 13.4. The average Bonchev–Trinajstić information content (AvgIpc) is 2.89. The number of aryl methyl sites for hydroxylation is 1. The number of hydrogen-bond donors (Lipinski definition) is 1. The van der Waals surface area contributed by atoms with E-state index in [4.69, 9.17) is 4.74 Å². The maximum Gasteiger partial charge on any atom is 0.178 e. The monoisotopic (exact) mass is 283 g/mol. The van der Waals surface area contributed by atoms with Gasteiger partial charge in [0.15, 0.2) is 11.5 Å². The smallest absolute Gasteiger partial charge is 0.178 e. The van der Waals surface area contributed by atoms with E-state index in [2.05, 4.69) is 32.7 Å². The van der Waals surface area contributed by atoms with Crippen LogP contribution in [0.4, 0.5) is 5.82 Å². The molecule has 2 heterocycles. The number of fused-ring (bicyclic) bond motifs is 1. The molecule has 3 rings (SSSR count). The van der Waals surface area contributed by atoms with Gasteiger partial charge in [-0.3, -0.25) is 0 Å². The van der Waals surface area contributed by atoms with Gasteiger partial charge in [0, 0.05) is 6.54 Å². The van der Waals surface area contributed by atoms with Crippen molar-refractivity contribution in [1.82, 2.24) is 19.8 Å². The molecule has 0 radical (unpaired) electrons. The van der Waals surface area contributed by atoms with Crippen LogP contribution in [0, 0.1) is 6.92 Å². The molecule has 3 aromatic rings. The van der Waals surface area contributed by atoms with E-state index in [9.17, 15) is 0 Å². The van der Waals surface area contributed by atoms with E-state index < -0.39 is 0 Å². The van der Waals surface area contributed by atoms with E-state index >= 15 is 0 Å². The molecule has 0 atom stereocenters. The highest BCUT2D eigenvalue weighted by Crippen LogP contribution is 2.12. The predicted molar refractivity (Wildman–Crippen MR) is 80.7 cm³/mol. The van der Waals surface area contributed by atoms with E-state index in [1.165, 1.54) is 5.56 Å². The molecule has 0 saturated carbocycles. The number of hydrogen-bond acceptors (Lipinski definition) is 5. The van der Waals surface area contributed by atoms with E-state index in [1.54, 1.807) is 11.6 Å². The quantitative estimate of drug-likeness (QED) is 0.777. The number of methoxy groups -OCH3 is 1. The highest BCUT2D eigenvalue weighted by molar-refractivity contribution is 5.43. The van der Waals surface area contributed by atoms with Crippen LogP contribution < -0.4 is 10.1 Å². The van der Waals surface area contributed by atoms with Crippen LogP contribution >= 0.6 is 0 Å². The second-order valence-corrected chi connectivity index (χ2v) is 4.76. The molecule has 6 nitrogen and oxygen atoms in total. The summed E-state index contributed by atoms with van der Waals surface area (Å²) in [4.78, 5) is 0. The molecule has 0 aliphatic heterocycles. The zero-order valence-electron chi connectivity index (χ0n) is 12.1. The van der Waals surface area contributed by atoms with Crippen LogP contribution in [0.1, 0.15) is 11.4 Å². The molecule has 21 heavy (non-hydrogen) atoms. The van der Waals surface area contributed by atoms with Gasteiger partial charge in [0.25, 0.3) is 0 Å². The Balaban J connectivity index is 1.61. The normalized spacial score (nSPS) is 10.8. The Hall–Kier alpha value is -2.63. The van der Waals surface area contributed by atoms with Crippen LogP contribution in [0.2, 0.25) is 0 Å². The van der Waals surface area contributed by atoms with Crippen molar-refractivity contribution in [2.24, 2.45) is 0 Å². The fourth-order valence-corrected chi connectivity index (χ4v) is 2.12. The first-order valence-corrected chi connectivity index (χ1v) is 6.82. The van der Waals surface area contributed by atoms with Gasteiger partial charge in [-0.25, -0.2) is 0 Å². The molecule has 1 aromatic carbocycles. The van der Waals surface area contributed by atoms with Gasteiger partial charge < -0.3 is 10.1 Å². The third-order valence-corrected chi connectivity index (χ3v) is 3.30. The van der Waals surface area contributed by atoms with Crippen molar-refractivity contribution in [3.63, 3.8) is 0 Å². The minimum Gasteiger partial charge on any atom is -0.497 e. The van der Waals surface area contributed by atoms with Crippen molar-refractivity contribution in [2.75, 3.05) is 19.0 Å². The molecule has 0 fully saturated rings. The van der Waals surface area contributed by atoms with Crippen molar-refractivity contribution in [3.05, 3.63) is 47.8 Å². The number of ether oxygens (including phenoxy) is 1. The van der Waals surface area contributed by atoms with E-state index in [0.29, 0.717) is 0 Å². The standard InChI is InChI=1S/C15H17N5O/c1-11-17-18-15-8-7-14(19-20(11)15)16-10-9-12-3-5-13(21-2)6-4-12/h3-8H,9-10H2,1-2H3,(H,16,19). The summed E-state index contributed by atoms with van der Waals surface area (Å²) in [5.74, 6) is 2.48. The summed E-state index contributed by atoms with van der Waals surface area (Å²) in [5, 5.41) is 15.8. The van der Waals surface area contributed by atoms with Crippen LogP contribution in [0.15, 0.2) is 36.4 Å². The Kier molecular flexibility index (Phi) is 3.68. The molecule has 108 valence electrons. The lowest BCUT2D eigenvalue weighted by Crippen LogP contribution is -2.08. The maximum atomic E-state index is 5.15. The topological polar surface area (TPSA) is 64.3 Å². The van der Waals surface area contributed by atoms with Crippen LogP contribution in [0.3, 0.4) is 0 Å². The predicted octanol–water partition coefficient (Wildman–Crippen LogP) is 2.10. The van der Waals surface area contributed by atoms with Gasteiger partial charge >= 0.3 is 0 Å². The summed E-state index contributed by atoms with van der Waals surface area (Å²) in [6.45, 7) is 2.69. The Bertz CT molecular complexity index is 735. The lowest BCUT2D eigenvalue weighted by atomic mass is 10.1. The zero-order valence-corrected chi connectivity index (χ0v) is 12.1. The third-order valence-electron chi connectivity index (χ3n) is 3.30. The molecule has 0 amide bonds. The summed E-state index contributed by atoms with van der Waals surface area (Å²) in [5.41, 5.74) is 2.01. The Morgan fingerprint density at radius 3 is 2.67 bits per heavy atom. The SMILES string of the molecule is COc1ccc(CCNc2ccc3nnc(C)n3n2)cc1. The first-order chi connectivity index (χ1) is 10.3. The van der Waals surface area contributed by atoms with Gasteiger partial charge in [-0.1, -0.05) is 12.1 Å². The van der Waals surface area contributed by atoms with Gasteiger partial charge in [0.05, 0.1) is 7.11 Å². The van der Waals surface area contributed by atoms with Crippen molar-refractivity contribution in [1.29, 1.82) is 0 Å². The van der Waals surface area contributed by atoms with Crippen molar-refractivity contribution < 1.29 is 4.74 Å². The summed E-state index contributed by atoms with van der Waals surface area (Å²) < 4.78 is 6.88. The number of nitrogens with one attached hydrogen (secondary N) is 1. The number of benzene rings is 1. The molecule has 0 saturated heterocycles. The van der Waals surface area contributed by atoms with Crippen molar-refractivity contribution >= 4 is 11.5 Å². The molecule has 0 aliphatic carbocycles. The lowest BCUT2D eigenvalue weighted by Gasteiger charge is -2.06. The van der Waals surface area contributed by atoms with Gasteiger partial charge in [-0.2, -0.15) is 4.52 Å². The minimum absolute atomic E-state index is 0.758. The highest BCUT2D eigenvalue weighted by atomic mass is 16.5. The first-order valence-electron chi connectivity index (χ1n) is 6.82. The molecule has 0 bridgehead atoms. The van der Waals surface area contributed by atoms with Gasteiger partial charge in [0.2, 0.25) is 0 Å². The molecule has 6 heteroatoms. The summed E-state index contributed by atoms with van der Waals surface area (Å²) in [7, 11) is 1.67. The molecule has 1 N–H and O–H groups in total. The Morgan fingerprint density at radius 2 is 1.90 bits per heavy atom. The fraction of sp³-hybridized carbons (Fsp3) is 0.267. The van der Waals surface area contributed by atoms with Gasteiger partial charge in [0.1, 0.15) is 11.6 Å². The Morgan fingerprint density at radius 1 is 1.10 bits per heavy atom. The van der Waals surface area contributed by atoms with Gasteiger partial charge in [-0.15, -0.1) is 15.3 Å². The average molecular weight is 283 g/mol. The molecule has 0 aliphatic rings. The molecule has 0 spiro atoms. The number of nitrogens with zero attached hydrogens (tertiary/aromatic N) is 4. The zero-order chi connectivity index (χ0) is 14.7. The van der Waals surface area contributed by atoms with Crippen LogP contribution in [-0.4, -0.2) is 33.5 Å². The summed E-state index contributed by atoms with van der Waals surface area (Å²) in [6.07, 6.45) is 0.922. The van der Waals surface area contributed by atoms with Crippen molar-refractivity contribution in [3.8, 4) is 5.75 Å². The largest absolute Gasteiger partial charge is 0.497 e. The minimum atomic E-state index is 0.758.